The van der Waals surface area contributed by atoms with E-state index in [0.29, 0.717) is 18.4 Å². The normalized spacial score (nSPS) is 29.2. The summed E-state index contributed by atoms with van der Waals surface area (Å²) in [7, 11) is 0. The molecule has 0 amide bonds. The van der Waals surface area contributed by atoms with E-state index in [0.717, 1.165) is 17.3 Å². The molecule has 1 aromatic rings. The number of pyridine rings is 1. The highest BCUT2D eigenvalue weighted by Gasteiger charge is 2.58. The molecular weight excluding hydrogens is 282 g/mol. The minimum Gasteiger partial charge on any atom is -0.466 e. The van der Waals surface area contributed by atoms with Crippen LogP contribution in [0, 0.1) is 11.8 Å². The highest BCUT2D eigenvalue weighted by atomic mass is 79.9. The maximum atomic E-state index is 11.8. The highest BCUT2D eigenvalue weighted by molar-refractivity contribution is 9.10. The lowest BCUT2D eigenvalue weighted by atomic mass is 9.94. The number of hydrogen-bond acceptors (Lipinski definition) is 3. The van der Waals surface area contributed by atoms with Crippen molar-refractivity contribution in [2.45, 2.75) is 25.7 Å². The van der Waals surface area contributed by atoms with E-state index in [1.54, 1.807) is 0 Å². The van der Waals surface area contributed by atoms with Gasteiger partial charge in [0.1, 0.15) is 0 Å². The molecule has 0 saturated heterocycles. The number of fused-ring (bicyclic) bond motifs is 3. The van der Waals surface area contributed by atoms with Crippen LogP contribution < -0.4 is 0 Å². The fraction of sp³-hybridized carbons (Fsp3) is 0.538. The van der Waals surface area contributed by atoms with Crippen LogP contribution in [-0.4, -0.2) is 17.6 Å². The SMILES string of the molecule is CCOC(=O)C1C2CCc3c(Br)cncc3C21. The van der Waals surface area contributed by atoms with Crippen molar-refractivity contribution in [1.82, 2.24) is 4.98 Å². The van der Waals surface area contributed by atoms with Crippen molar-refractivity contribution in [1.29, 1.82) is 0 Å². The summed E-state index contributed by atoms with van der Waals surface area (Å²) < 4.78 is 6.20. The minimum absolute atomic E-state index is 0.0321. The molecule has 1 saturated carbocycles. The standard InChI is InChI=1S/C13H14BrNO2/c1-2-17-13(16)12-8-4-3-7-9(11(8)12)5-15-6-10(7)14/h5-6,8,11-12H,2-4H2,1H3. The molecule has 0 bridgehead atoms. The molecule has 90 valence electrons. The Morgan fingerprint density at radius 1 is 1.59 bits per heavy atom. The van der Waals surface area contributed by atoms with Gasteiger partial charge in [-0.15, -0.1) is 0 Å². The molecule has 4 heteroatoms. The Bertz CT molecular complexity index is 474. The van der Waals surface area contributed by atoms with Crippen molar-refractivity contribution in [3.8, 4) is 0 Å². The van der Waals surface area contributed by atoms with Crippen LogP contribution in [0.15, 0.2) is 16.9 Å². The summed E-state index contributed by atoms with van der Waals surface area (Å²) in [4.78, 5) is 16.0. The van der Waals surface area contributed by atoms with Gasteiger partial charge in [0.15, 0.2) is 0 Å². The van der Waals surface area contributed by atoms with Crippen LogP contribution >= 0.6 is 15.9 Å². The third kappa shape index (κ3) is 1.69. The van der Waals surface area contributed by atoms with E-state index >= 15 is 0 Å². The molecule has 0 N–H and O–H groups in total. The van der Waals surface area contributed by atoms with Crippen molar-refractivity contribution in [3.63, 3.8) is 0 Å². The van der Waals surface area contributed by atoms with Crippen LogP contribution in [0.2, 0.25) is 0 Å². The third-order valence-electron chi connectivity index (χ3n) is 3.85. The summed E-state index contributed by atoms with van der Waals surface area (Å²) in [6.45, 7) is 2.33. The van der Waals surface area contributed by atoms with Crippen LogP contribution in [-0.2, 0) is 16.0 Å². The van der Waals surface area contributed by atoms with E-state index in [4.69, 9.17) is 4.74 Å². The number of aromatic nitrogens is 1. The van der Waals surface area contributed by atoms with Crippen molar-refractivity contribution in [2.75, 3.05) is 6.61 Å². The van der Waals surface area contributed by atoms with Gasteiger partial charge in [0.05, 0.1) is 12.5 Å². The Balaban J connectivity index is 1.89. The molecule has 3 nitrogen and oxygen atoms in total. The van der Waals surface area contributed by atoms with Gasteiger partial charge in [-0.2, -0.15) is 0 Å². The quantitative estimate of drug-likeness (QED) is 0.788. The van der Waals surface area contributed by atoms with Crippen molar-refractivity contribution in [3.05, 3.63) is 28.0 Å². The largest absolute Gasteiger partial charge is 0.466 e. The van der Waals surface area contributed by atoms with Gasteiger partial charge in [-0.1, -0.05) is 0 Å². The van der Waals surface area contributed by atoms with Crippen LogP contribution in [0.1, 0.15) is 30.4 Å². The Morgan fingerprint density at radius 2 is 2.41 bits per heavy atom. The van der Waals surface area contributed by atoms with E-state index in [-0.39, 0.29) is 11.9 Å². The van der Waals surface area contributed by atoms with Gasteiger partial charge >= 0.3 is 5.97 Å². The number of ether oxygens (including phenoxy) is 1. The second kappa shape index (κ2) is 4.09. The zero-order valence-corrected chi connectivity index (χ0v) is 11.2. The molecular formula is C13H14BrNO2. The third-order valence-corrected chi connectivity index (χ3v) is 4.54. The molecule has 1 fully saturated rings. The van der Waals surface area contributed by atoms with Crippen molar-refractivity contribution in [2.24, 2.45) is 11.8 Å². The van der Waals surface area contributed by atoms with Crippen LogP contribution in [0.3, 0.4) is 0 Å². The number of carbonyl (C=O) groups excluding carboxylic acids is 1. The molecule has 0 radical (unpaired) electrons. The lowest BCUT2D eigenvalue weighted by Crippen LogP contribution is -2.08. The van der Waals surface area contributed by atoms with Crippen LogP contribution in [0.5, 0.6) is 0 Å². The van der Waals surface area contributed by atoms with E-state index in [1.807, 2.05) is 19.3 Å². The lowest BCUT2D eigenvalue weighted by molar-refractivity contribution is -0.145. The van der Waals surface area contributed by atoms with E-state index in [1.165, 1.54) is 11.1 Å². The van der Waals surface area contributed by atoms with Crippen molar-refractivity contribution >= 4 is 21.9 Å². The molecule has 0 spiro atoms. The molecule has 0 aliphatic heterocycles. The lowest BCUT2D eigenvalue weighted by Gasteiger charge is -2.14. The van der Waals surface area contributed by atoms with Crippen LogP contribution in [0.25, 0.3) is 0 Å². The van der Waals surface area contributed by atoms with Gasteiger partial charge in [0.25, 0.3) is 0 Å². The molecule has 0 aromatic carbocycles. The Morgan fingerprint density at radius 3 is 3.18 bits per heavy atom. The van der Waals surface area contributed by atoms with E-state index < -0.39 is 0 Å². The average Bonchev–Trinajstić information content (AvgIpc) is 3.04. The van der Waals surface area contributed by atoms with Gasteiger partial charge in [-0.3, -0.25) is 9.78 Å². The summed E-state index contributed by atoms with van der Waals surface area (Å²) in [6.07, 6.45) is 5.87. The minimum atomic E-state index is -0.0321. The second-order valence-corrected chi connectivity index (χ2v) is 5.55. The second-order valence-electron chi connectivity index (χ2n) is 4.70. The van der Waals surface area contributed by atoms with Gasteiger partial charge in [-0.25, -0.2) is 0 Å². The Labute approximate surface area is 109 Å². The fourth-order valence-corrected chi connectivity index (χ4v) is 3.60. The first-order valence-corrected chi connectivity index (χ1v) is 6.82. The molecule has 3 rings (SSSR count). The molecule has 2 aliphatic carbocycles. The Kier molecular flexibility index (Phi) is 2.69. The summed E-state index contributed by atoms with van der Waals surface area (Å²) in [6, 6.07) is 0. The smallest absolute Gasteiger partial charge is 0.309 e. The van der Waals surface area contributed by atoms with E-state index in [2.05, 4.69) is 20.9 Å². The van der Waals surface area contributed by atoms with Gasteiger partial charge < -0.3 is 4.74 Å². The first-order valence-electron chi connectivity index (χ1n) is 6.03. The summed E-state index contributed by atoms with van der Waals surface area (Å²) in [5, 5.41) is 0. The molecule has 1 heterocycles. The molecule has 3 atom stereocenters. The van der Waals surface area contributed by atoms with Gasteiger partial charge in [-0.05, 0) is 52.7 Å². The van der Waals surface area contributed by atoms with Gasteiger partial charge in [0, 0.05) is 22.8 Å². The number of rotatable bonds is 2. The predicted molar refractivity (Wildman–Crippen MR) is 66.6 cm³/mol. The zero-order chi connectivity index (χ0) is 12.0. The predicted octanol–water partition coefficient (Wildman–Crippen LogP) is 2.68. The molecule has 3 unspecified atom stereocenters. The molecule has 2 aliphatic rings. The highest BCUT2D eigenvalue weighted by Crippen LogP contribution is 2.60. The maximum Gasteiger partial charge on any atom is 0.309 e. The average molecular weight is 296 g/mol. The number of esters is 1. The van der Waals surface area contributed by atoms with Crippen LogP contribution in [0.4, 0.5) is 0 Å². The monoisotopic (exact) mass is 295 g/mol. The van der Waals surface area contributed by atoms with E-state index in [9.17, 15) is 4.79 Å². The van der Waals surface area contributed by atoms with Crippen molar-refractivity contribution < 1.29 is 9.53 Å². The first kappa shape index (κ1) is 11.2. The molecule has 17 heavy (non-hydrogen) atoms. The zero-order valence-electron chi connectivity index (χ0n) is 9.65. The summed E-state index contributed by atoms with van der Waals surface area (Å²) in [5.74, 6) is 0.878. The number of nitrogens with zero attached hydrogens (tertiary/aromatic N) is 1. The van der Waals surface area contributed by atoms with Gasteiger partial charge in [0.2, 0.25) is 0 Å². The molecule has 1 aromatic heterocycles. The fourth-order valence-electron chi connectivity index (χ4n) is 3.06. The number of carbonyl (C=O) groups is 1. The number of halogens is 1. The summed E-state index contributed by atoms with van der Waals surface area (Å²) >= 11 is 3.54. The first-order chi connectivity index (χ1) is 8.24. The maximum absolute atomic E-state index is 11.8. The Hall–Kier alpha value is -0.900. The number of hydrogen-bond donors (Lipinski definition) is 0. The summed E-state index contributed by atoms with van der Waals surface area (Å²) in [5.41, 5.74) is 2.57. The topological polar surface area (TPSA) is 39.2 Å².